The fourth-order valence-electron chi connectivity index (χ4n) is 7.28. The van der Waals surface area contributed by atoms with Gasteiger partial charge in [0, 0.05) is 56.7 Å². The van der Waals surface area contributed by atoms with Crippen molar-refractivity contribution < 1.29 is 34.1 Å². The molecule has 3 fully saturated rings. The van der Waals surface area contributed by atoms with Gasteiger partial charge in [0.15, 0.2) is 6.29 Å². The van der Waals surface area contributed by atoms with E-state index in [1.165, 1.54) is 0 Å². The number of carbonyl (C=O) groups is 3. The molecule has 6 rings (SSSR count). The van der Waals surface area contributed by atoms with Crippen LogP contribution in [0.5, 0.6) is 0 Å². The third-order valence-electron chi connectivity index (χ3n) is 10.2. The van der Waals surface area contributed by atoms with E-state index >= 15 is 0 Å². The second-order valence-corrected chi connectivity index (χ2v) is 13.6. The Kier molecular flexibility index (Phi) is 11.8. The van der Waals surface area contributed by atoms with Crippen LogP contribution in [-0.4, -0.2) is 70.8 Å². The summed E-state index contributed by atoms with van der Waals surface area (Å²) in [6.45, 7) is 3.18. The molecule has 3 aliphatic heterocycles. The number of hydrogen-bond acceptors (Lipinski definition) is 8. The molecule has 0 aliphatic carbocycles. The summed E-state index contributed by atoms with van der Waals surface area (Å²) in [7, 11) is 0. The van der Waals surface area contributed by atoms with Crippen molar-refractivity contribution in [2.24, 2.45) is 0 Å². The van der Waals surface area contributed by atoms with E-state index in [0.717, 1.165) is 53.9 Å². The number of rotatable bonds is 14. The molecule has 3 aromatic rings. The van der Waals surface area contributed by atoms with Crippen molar-refractivity contribution in [2.75, 3.05) is 31.2 Å². The third-order valence-corrected chi connectivity index (χ3v) is 10.2. The zero-order valence-electron chi connectivity index (χ0n) is 28.5. The van der Waals surface area contributed by atoms with E-state index in [1.807, 2.05) is 66.7 Å². The standard InChI is InChI=1S/C39H48N4O7/c44-26-29-13-15-30(16-14-29)34-23-33(25-42-21-19-39(20-22-42)38(48)41-27-43(39)32-7-3-1-4-8-32)49-37(50-34)31-17-11-28(12-18-31)24-40-35(45)9-5-2-6-10-36(46)47/h1,3-4,7-8,11-18,33-34,37,44H,2,5-6,9-10,19-27H2,(H,40,45)(H,41,48)(H,46,47)/t33-,34+,37+/m1/s1. The molecule has 0 bridgehead atoms. The third kappa shape index (κ3) is 8.70. The first-order valence-corrected chi connectivity index (χ1v) is 17.7. The Hall–Kier alpha value is -4.29. The summed E-state index contributed by atoms with van der Waals surface area (Å²) in [5.41, 5.74) is 4.23. The molecule has 11 heteroatoms. The Morgan fingerprint density at radius 3 is 2.24 bits per heavy atom. The molecule has 4 N–H and O–H groups in total. The van der Waals surface area contributed by atoms with Crippen LogP contribution in [0.2, 0.25) is 0 Å². The second kappa shape index (κ2) is 16.6. The van der Waals surface area contributed by atoms with E-state index in [0.29, 0.717) is 51.9 Å². The quantitative estimate of drug-likeness (QED) is 0.176. The number of aliphatic carboxylic acids is 1. The van der Waals surface area contributed by atoms with Gasteiger partial charge in [-0.1, -0.05) is 73.2 Å². The van der Waals surface area contributed by atoms with Gasteiger partial charge in [-0.2, -0.15) is 0 Å². The molecule has 3 atom stereocenters. The Balaban J connectivity index is 1.08. The van der Waals surface area contributed by atoms with E-state index < -0.39 is 17.8 Å². The molecule has 0 aromatic heterocycles. The molecule has 0 saturated carbocycles. The molecular formula is C39H48N4O7. The van der Waals surface area contributed by atoms with Crippen molar-refractivity contribution in [3.63, 3.8) is 0 Å². The lowest BCUT2D eigenvalue weighted by molar-refractivity contribution is -0.253. The number of carboxylic acid groups (broad SMARTS) is 1. The van der Waals surface area contributed by atoms with Crippen molar-refractivity contribution >= 4 is 23.5 Å². The molecule has 3 aromatic carbocycles. The summed E-state index contributed by atoms with van der Waals surface area (Å²) in [5, 5.41) is 24.4. The van der Waals surface area contributed by atoms with Gasteiger partial charge in [-0.15, -0.1) is 0 Å². The molecule has 3 saturated heterocycles. The van der Waals surface area contributed by atoms with Crippen LogP contribution in [0.1, 0.15) is 86.0 Å². The molecule has 50 heavy (non-hydrogen) atoms. The molecule has 3 aliphatic rings. The Morgan fingerprint density at radius 1 is 0.860 bits per heavy atom. The Morgan fingerprint density at radius 2 is 1.54 bits per heavy atom. The number of ether oxygens (including phenoxy) is 2. The Labute approximate surface area is 293 Å². The summed E-state index contributed by atoms with van der Waals surface area (Å²) < 4.78 is 13.2. The summed E-state index contributed by atoms with van der Waals surface area (Å²) in [6.07, 6.45) is 3.70. The lowest BCUT2D eigenvalue weighted by Crippen LogP contribution is -2.57. The maximum Gasteiger partial charge on any atom is 0.303 e. The van der Waals surface area contributed by atoms with Crippen molar-refractivity contribution in [1.82, 2.24) is 15.5 Å². The zero-order chi connectivity index (χ0) is 34.9. The second-order valence-electron chi connectivity index (χ2n) is 13.6. The smallest absolute Gasteiger partial charge is 0.303 e. The minimum atomic E-state index is -0.809. The van der Waals surface area contributed by atoms with E-state index in [1.54, 1.807) is 0 Å². The first kappa shape index (κ1) is 35.5. The molecular weight excluding hydrogens is 636 g/mol. The summed E-state index contributed by atoms with van der Waals surface area (Å²) >= 11 is 0. The number of para-hydroxylation sites is 1. The van der Waals surface area contributed by atoms with E-state index in [9.17, 15) is 19.5 Å². The van der Waals surface area contributed by atoms with Crippen LogP contribution < -0.4 is 15.5 Å². The van der Waals surface area contributed by atoms with Crippen LogP contribution in [0.4, 0.5) is 5.69 Å². The number of nitrogens with one attached hydrogen (secondary N) is 2. The number of aliphatic hydroxyl groups excluding tert-OH is 1. The number of unbranched alkanes of at least 4 members (excludes halogenated alkanes) is 2. The zero-order valence-corrected chi connectivity index (χ0v) is 28.5. The average Bonchev–Trinajstić information content (AvgIpc) is 3.46. The van der Waals surface area contributed by atoms with Crippen molar-refractivity contribution in [3.05, 3.63) is 101 Å². The van der Waals surface area contributed by atoms with Crippen LogP contribution in [-0.2, 0) is 37.0 Å². The molecule has 3 heterocycles. The van der Waals surface area contributed by atoms with Crippen LogP contribution in [0.25, 0.3) is 0 Å². The van der Waals surface area contributed by atoms with Gasteiger partial charge in [0.1, 0.15) is 5.54 Å². The number of carboxylic acids is 1. The predicted octanol–water partition coefficient (Wildman–Crippen LogP) is 4.80. The van der Waals surface area contributed by atoms with E-state index in [4.69, 9.17) is 14.6 Å². The van der Waals surface area contributed by atoms with Gasteiger partial charge in [0.05, 0.1) is 25.5 Å². The molecule has 0 unspecified atom stereocenters. The summed E-state index contributed by atoms with van der Waals surface area (Å²) in [5.74, 6) is -0.756. The van der Waals surface area contributed by atoms with E-state index in [2.05, 4.69) is 32.6 Å². The highest BCUT2D eigenvalue weighted by atomic mass is 16.7. The lowest BCUT2D eigenvalue weighted by atomic mass is 9.85. The normalized spacial score (nSPS) is 22.0. The predicted molar refractivity (Wildman–Crippen MR) is 188 cm³/mol. The highest BCUT2D eigenvalue weighted by Gasteiger charge is 2.50. The molecule has 0 radical (unpaired) electrons. The fourth-order valence-corrected chi connectivity index (χ4v) is 7.28. The monoisotopic (exact) mass is 684 g/mol. The minimum Gasteiger partial charge on any atom is -0.481 e. The number of nitrogens with zero attached hydrogens (tertiary/aromatic N) is 2. The topological polar surface area (TPSA) is 141 Å². The van der Waals surface area contributed by atoms with Gasteiger partial charge in [-0.3, -0.25) is 14.4 Å². The van der Waals surface area contributed by atoms with E-state index in [-0.39, 0.29) is 37.0 Å². The molecule has 2 amide bonds. The fraction of sp³-hybridized carbons (Fsp3) is 0.462. The van der Waals surface area contributed by atoms with Crippen LogP contribution >= 0.6 is 0 Å². The molecule has 1 spiro atoms. The number of piperidine rings is 1. The lowest BCUT2D eigenvalue weighted by Gasteiger charge is -2.45. The summed E-state index contributed by atoms with van der Waals surface area (Å²) in [6, 6.07) is 25.9. The minimum absolute atomic E-state index is 0.0179. The largest absolute Gasteiger partial charge is 0.481 e. The van der Waals surface area contributed by atoms with Crippen molar-refractivity contribution in [1.29, 1.82) is 0 Å². The number of aliphatic hydroxyl groups is 1. The maximum absolute atomic E-state index is 13.2. The number of likely N-dealkylation sites (tertiary alicyclic amines) is 1. The number of hydrogen-bond donors (Lipinski definition) is 4. The van der Waals surface area contributed by atoms with Gasteiger partial charge in [0.2, 0.25) is 11.8 Å². The van der Waals surface area contributed by atoms with Crippen LogP contribution in [0.15, 0.2) is 78.9 Å². The Bertz CT molecular complexity index is 1580. The van der Waals surface area contributed by atoms with Gasteiger partial charge in [-0.05, 0) is 54.5 Å². The van der Waals surface area contributed by atoms with Crippen LogP contribution in [0, 0.1) is 0 Å². The van der Waals surface area contributed by atoms with Gasteiger partial charge < -0.3 is 40.1 Å². The maximum atomic E-state index is 13.2. The SMILES string of the molecule is O=C(O)CCCCCC(=O)NCc1ccc([C@H]2O[C@@H](CN3CCC4(CC3)C(=O)NCN4c3ccccc3)C[C@@H](c3ccc(CO)cc3)O2)cc1. The first-order chi connectivity index (χ1) is 24.3. The number of carbonyl (C=O) groups excluding carboxylic acids is 2. The van der Waals surface area contributed by atoms with Gasteiger partial charge in [0.25, 0.3) is 0 Å². The molecule has 266 valence electrons. The van der Waals surface area contributed by atoms with Gasteiger partial charge in [-0.25, -0.2) is 0 Å². The number of amides is 2. The van der Waals surface area contributed by atoms with Crippen molar-refractivity contribution in [3.8, 4) is 0 Å². The molecule has 11 nitrogen and oxygen atoms in total. The number of anilines is 1. The average molecular weight is 685 g/mol. The highest BCUT2D eigenvalue weighted by molar-refractivity contribution is 5.93. The number of benzene rings is 3. The van der Waals surface area contributed by atoms with Crippen molar-refractivity contribution in [2.45, 2.75) is 88.6 Å². The highest BCUT2D eigenvalue weighted by Crippen LogP contribution is 2.40. The van der Waals surface area contributed by atoms with Gasteiger partial charge >= 0.3 is 5.97 Å². The first-order valence-electron chi connectivity index (χ1n) is 17.7. The summed E-state index contributed by atoms with van der Waals surface area (Å²) in [4.78, 5) is 40.8. The van der Waals surface area contributed by atoms with Crippen LogP contribution in [0.3, 0.4) is 0 Å².